The van der Waals surface area contributed by atoms with Gasteiger partial charge in [-0.1, -0.05) is 68.8 Å². The normalized spacial score (nSPS) is 12.4. The van der Waals surface area contributed by atoms with Crippen LogP contribution in [0.25, 0.3) is 11.0 Å². The van der Waals surface area contributed by atoms with Crippen molar-refractivity contribution in [3.63, 3.8) is 0 Å². The van der Waals surface area contributed by atoms with E-state index >= 15 is 0 Å². The van der Waals surface area contributed by atoms with Crippen LogP contribution < -0.4 is 20.2 Å². The number of nitrogens with one attached hydrogen (secondary N) is 1. The topological polar surface area (TPSA) is 104 Å². The molecular formula is C30H29NO7. The molecule has 1 amide bonds. The number of alkyl carbamates (subject to hydrolysis) is 1. The molecule has 8 nitrogen and oxygen atoms in total. The molecule has 1 aromatic heterocycles. The fourth-order valence-electron chi connectivity index (χ4n) is 3.80. The molecule has 1 N–H and O–H groups in total. The third-order valence-electron chi connectivity index (χ3n) is 6.12. The van der Waals surface area contributed by atoms with Gasteiger partial charge in [-0.25, -0.2) is 9.59 Å². The van der Waals surface area contributed by atoms with E-state index in [9.17, 15) is 14.4 Å². The number of amides is 1. The number of benzene rings is 3. The van der Waals surface area contributed by atoms with Crippen LogP contribution in [0.15, 0.2) is 88.1 Å². The van der Waals surface area contributed by atoms with Crippen LogP contribution in [-0.2, 0) is 16.1 Å². The van der Waals surface area contributed by atoms with Gasteiger partial charge in [0.15, 0.2) is 0 Å². The summed E-state index contributed by atoms with van der Waals surface area (Å²) in [5.41, 5.74) is 0.731. The van der Waals surface area contributed by atoms with E-state index in [4.69, 9.17) is 18.6 Å². The van der Waals surface area contributed by atoms with E-state index in [1.165, 1.54) is 18.2 Å². The molecule has 0 aliphatic carbocycles. The standard InChI is InChI=1S/C30H29NO7/c1-4-19(2)26(31-30(34)35-18-21-11-7-5-8-12-21)29(33)38-23-15-16-24-25(17-23)36-20(3)28(27(24)32)37-22-13-9-6-10-14-22/h5-17,19,26H,4,18H2,1-3H3,(H,31,34)/t19-,26+/m1/s1. The largest absolute Gasteiger partial charge is 0.457 e. The monoisotopic (exact) mass is 515 g/mol. The first-order valence-electron chi connectivity index (χ1n) is 12.3. The molecule has 0 bridgehead atoms. The Hall–Kier alpha value is -4.59. The second kappa shape index (κ2) is 12.1. The van der Waals surface area contributed by atoms with Gasteiger partial charge in [-0.15, -0.1) is 0 Å². The number of aryl methyl sites for hydroxylation is 1. The summed E-state index contributed by atoms with van der Waals surface area (Å²) < 4.78 is 22.4. The average Bonchev–Trinajstić information content (AvgIpc) is 2.93. The summed E-state index contributed by atoms with van der Waals surface area (Å²) >= 11 is 0. The second-order valence-electron chi connectivity index (χ2n) is 8.88. The average molecular weight is 516 g/mol. The molecule has 2 atom stereocenters. The van der Waals surface area contributed by atoms with E-state index in [0.717, 1.165) is 5.56 Å². The molecule has 0 aliphatic rings. The Labute approximate surface area is 220 Å². The van der Waals surface area contributed by atoms with Gasteiger partial charge in [-0.3, -0.25) is 4.79 Å². The third-order valence-corrected chi connectivity index (χ3v) is 6.12. The number of carbonyl (C=O) groups excluding carboxylic acids is 2. The zero-order chi connectivity index (χ0) is 27.1. The van der Waals surface area contributed by atoms with Crippen LogP contribution >= 0.6 is 0 Å². The number of carbonyl (C=O) groups is 2. The smallest absolute Gasteiger partial charge is 0.408 e. The molecule has 0 spiro atoms. The number of hydrogen-bond donors (Lipinski definition) is 1. The van der Waals surface area contributed by atoms with E-state index in [0.29, 0.717) is 12.2 Å². The van der Waals surface area contributed by atoms with Gasteiger partial charge >= 0.3 is 12.1 Å². The predicted octanol–water partition coefficient (Wildman–Crippen LogP) is 6.14. The Morgan fingerprint density at radius 3 is 2.32 bits per heavy atom. The predicted molar refractivity (Wildman–Crippen MR) is 142 cm³/mol. The lowest BCUT2D eigenvalue weighted by atomic mass is 9.99. The van der Waals surface area contributed by atoms with Crippen molar-refractivity contribution in [3.05, 3.63) is 100 Å². The van der Waals surface area contributed by atoms with Gasteiger partial charge in [0.1, 0.15) is 35.5 Å². The molecule has 1 heterocycles. The van der Waals surface area contributed by atoms with Gasteiger partial charge in [0, 0.05) is 6.07 Å². The molecule has 3 aromatic carbocycles. The van der Waals surface area contributed by atoms with E-state index < -0.39 is 18.1 Å². The molecule has 196 valence electrons. The fraction of sp³-hybridized carbons (Fsp3) is 0.233. The van der Waals surface area contributed by atoms with Crippen LogP contribution in [0.3, 0.4) is 0 Å². The lowest BCUT2D eigenvalue weighted by Gasteiger charge is -2.22. The number of para-hydroxylation sites is 1. The Bertz CT molecular complexity index is 1460. The van der Waals surface area contributed by atoms with Crippen LogP contribution in [0.4, 0.5) is 4.79 Å². The van der Waals surface area contributed by atoms with Crippen molar-refractivity contribution in [1.82, 2.24) is 5.32 Å². The molecule has 4 aromatic rings. The van der Waals surface area contributed by atoms with Gasteiger partial charge in [-0.2, -0.15) is 0 Å². The van der Waals surface area contributed by atoms with Crippen molar-refractivity contribution in [2.75, 3.05) is 0 Å². The first-order chi connectivity index (χ1) is 18.4. The van der Waals surface area contributed by atoms with Crippen LogP contribution in [0.5, 0.6) is 17.2 Å². The molecule has 4 rings (SSSR count). The fourth-order valence-corrected chi connectivity index (χ4v) is 3.80. The highest BCUT2D eigenvalue weighted by Gasteiger charge is 2.29. The lowest BCUT2D eigenvalue weighted by Crippen LogP contribution is -2.47. The van der Waals surface area contributed by atoms with Crippen molar-refractivity contribution in [2.45, 2.75) is 39.8 Å². The molecule has 38 heavy (non-hydrogen) atoms. The van der Waals surface area contributed by atoms with Gasteiger partial charge < -0.3 is 23.9 Å². The van der Waals surface area contributed by atoms with Crippen LogP contribution in [0, 0.1) is 12.8 Å². The Morgan fingerprint density at radius 1 is 0.947 bits per heavy atom. The maximum absolute atomic E-state index is 13.1. The number of rotatable bonds is 9. The van der Waals surface area contributed by atoms with Gasteiger partial charge in [-0.05, 0) is 42.7 Å². The summed E-state index contributed by atoms with van der Waals surface area (Å²) in [5, 5.41) is 2.90. The maximum atomic E-state index is 13.1. The lowest BCUT2D eigenvalue weighted by molar-refractivity contribution is -0.138. The van der Waals surface area contributed by atoms with Gasteiger partial charge in [0.25, 0.3) is 0 Å². The van der Waals surface area contributed by atoms with Crippen LogP contribution in [-0.4, -0.2) is 18.1 Å². The third kappa shape index (κ3) is 6.39. The summed E-state index contributed by atoms with van der Waals surface area (Å²) in [6.07, 6.45) is -0.100. The minimum Gasteiger partial charge on any atom is -0.457 e. The zero-order valence-corrected chi connectivity index (χ0v) is 21.4. The molecule has 0 aliphatic heterocycles. The van der Waals surface area contributed by atoms with Crippen molar-refractivity contribution in [2.24, 2.45) is 5.92 Å². The van der Waals surface area contributed by atoms with E-state index in [-0.39, 0.29) is 46.2 Å². The Balaban J connectivity index is 1.48. The molecule has 0 saturated carbocycles. The Kier molecular flexibility index (Phi) is 8.43. The first kappa shape index (κ1) is 26.5. The summed E-state index contributed by atoms with van der Waals surface area (Å²) in [4.78, 5) is 38.5. The molecule has 8 heteroatoms. The van der Waals surface area contributed by atoms with Gasteiger partial charge in [0.2, 0.25) is 11.2 Å². The van der Waals surface area contributed by atoms with Crippen molar-refractivity contribution in [1.29, 1.82) is 0 Å². The second-order valence-corrected chi connectivity index (χ2v) is 8.88. The van der Waals surface area contributed by atoms with E-state index in [1.807, 2.05) is 50.2 Å². The molecular weight excluding hydrogens is 486 g/mol. The quantitative estimate of drug-likeness (QED) is 0.211. The summed E-state index contributed by atoms with van der Waals surface area (Å²) in [6.45, 7) is 5.45. The molecule has 0 radical (unpaired) electrons. The minimum atomic E-state index is -0.936. The Morgan fingerprint density at radius 2 is 1.63 bits per heavy atom. The number of esters is 1. The van der Waals surface area contributed by atoms with Crippen molar-refractivity contribution in [3.8, 4) is 17.2 Å². The molecule has 0 saturated heterocycles. The molecule has 0 fully saturated rings. The maximum Gasteiger partial charge on any atom is 0.408 e. The van der Waals surface area contributed by atoms with E-state index in [2.05, 4.69) is 5.32 Å². The minimum absolute atomic E-state index is 0.0774. The van der Waals surface area contributed by atoms with Crippen molar-refractivity contribution < 1.29 is 28.2 Å². The molecule has 0 unspecified atom stereocenters. The zero-order valence-electron chi connectivity index (χ0n) is 21.4. The van der Waals surface area contributed by atoms with Crippen LogP contribution in [0.1, 0.15) is 31.6 Å². The number of hydrogen-bond acceptors (Lipinski definition) is 7. The highest BCUT2D eigenvalue weighted by Crippen LogP contribution is 2.27. The summed E-state index contributed by atoms with van der Waals surface area (Å²) in [5.74, 6) is 0.190. The first-order valence-corrected chi connectivity index (χ1v) is 12.3. The number of fused-ring (bicyclic) bond motifs is 1. The van der Waals surface area contributed by atoms with Crippen LogP contribution in [0.2, 0.25) is 0 Å². The highest BCUT2D eigenvalue weighted by molar-refractivity contribution is 5.85. The van der Waals surface area contributed by atoms with Gasteiger partial charge in [0.05, 0.1) is 5.39 Å². The summed E-state index contributed by atoms with van der Waals surface area (Å²) in [7, 11) is 0. The summed E-state index contributed by atoms with van der Waals surface area (Å²) in [6, 6.07) is 21.7. The van der Waals surface area contributed by atoms with Crippen molar-refractivity contribution >= 4 is 23.0 Å². The SMILES string of the molecule is CC[C@@H](C)[C@H](NC(=O)OCc1ccccc1)C(=O)Oc1ccc2c(=O)c(Oc3ccccc3)c(C)oc2c1. The number of ether oxygens (including phenoxy) is 3. The highest BCUT2D eigenvalue weighted by atomic mass is 16.6. The van der Waals surface area contributed by atoms with E-state index in [1.54, 1.807) is 31.2 Å².